The van der Waals surface area contributed by atoms with Crippen LogP contribution in [-0.4, -0.2) is 51.7 Å². The van der Waals surface area contributed by atoms with E-state index in [0.29, 0.717) is 29.9 Å². The van der Waals surface area contributed by atoms with Gasteiger partial charge >= 0.3 is 18.4 Å². The summed E-state index contributed by atoms with van der Waals surface area (Å²) < 4.78 is 55.4. The molecule has 2 aromatic carbocycles. The highest BCUT2D eigenvalue weighted by molar-refractivity contribution is 5.93. The van der Waals surface area contributed by atoms with Crippen LogP contribution in [0.4, 0.5) is 23.7 Å². The number of rotatable bonds is 8. The zero-order valence-electron chi connectivity index (χ0n) is 21.9. The summed E-state index contributed by atoms with van der Waals surface area (Å²) >= 11 is 0. The first kappa shape index (κ1) is 27.1. The normalized spacial score (nSPS) is 22.0. The molecule has 3 heterocycles. The average molecular weight is 572 g/mol. The molecule has 2 unspecified atom stereocenters. The van der Waals surface area contributed by atoms with E-state index in [0.717, 1.165) is 25.7 Å². The highest BCUT2D eigenvalue weighted by atomic mass is 19.4. The number of ether oxygens (including phenoxy) is 2. The van der Waals surface area contributed by atoms with Gasteiger partial charge < -0.3 is 29.3 Å². The van der Waals surface area contributed by atoms with Crippen molar-refractivity contribution in [2.24, 2.45) is 0 Å². The first-order valence-corrected chi connectivity index (χ1v) is 13.5. The zero-order valence-corrected chi connectivity index (χ0v) is 21.9. The second-order valence-corrected chi connectivity index (χ2v) is 10.7. The lowest BCUT2D eigenvalue weighted by Crippen LogP contribution is -2.50. The first-order chi connectivity index (χ1) is 19.7. The fourth-order valence-electron chi connectivity index (χ4n) is 5.93. The van der Waals surface area contributed by atoms with Crippen LogP contribution in [0.2, 0.25) is 0 Å². The SMILES string of the molecule is O=C(O)c1cccc(NC(=O)N2C3CCC2CC(OCc2c(-c4ccccc4OC(F)(F)F)noc2C2CC2)C3)c1. The maximum Gasteiger partial charge on any atom is 0.573 e. The number of benzene rings is 2. The molecule has 1 saturated carbocycles. The molecule has 6 rings (SSSR count). The quantitative estimate of drug-likeness (QED) is 0.315. The number of hydrogen-bond acceptors (Lipinski definition) is 6. The number of carboxylic acids is 1. The molecule has 41 heavy (non-hydrogen) atoms. The predicted molar refractivity (Wildman–Crippen MR) is 139 cm³/mol. The number of piperidine rings is 1. The van der Waals surface area contributed by atoms with Gasteiger partial charge in [-0.05, 0) is 68.9 Å². The minimum atomic E-state index is -4.85. The molecule has 2 atom stereocenters. The summed E-state index contributed by atoms with van der Waals surface area (Å²) in [6, 6.07) is 11.6. The number of alkyl halides is 3. The summed E-state index contributed by atoms with van der Waals surface area (Å²) in [7, 11) is 0. The highest BCUT2D eigenvalue weighted by Crippen LogP contribution is 2.46. The smallest absolute Gasteiger partial charge is 0.478 e. The molecular weight excluding hydrogens is 543 g/mol. The molecule has 216 valence electrons. The molecule has 0 radical (unpaired) electrons. The number of fused-ring (bicyclic) bond motifs is 2. The lowest BCUT2D eigenvalue weighted by Gasteiger charge is -2.38. The van der Waals surface area contributed by atoms with Crippen LogP contribution in [-0.2, 0) is 11.3 Å². The van der Waals surface area contributed by atoms with E-state index in [2.05, 4.69) is 15.2 Å². The van der Waals surface area contributed by atoms with Gasteiger partial charge in [0, 0.05) is 34.8 Å². The third kappa shape index (κ3) is 5.88. The Hall–Kier alpha value is -4.06. The van der Waals surface area contributed by atoms with E-state index in [-0.39, 0.29) is 59.3 Å². The van der Waals surface area contributed by atoms with Gasteiger partial charge in [-0.3, -0.25) is 0 Å². The molecule has 2 bridgehead atoms. The summed E-state index contributed by atoms with van der Waals surface area (Å²) in [4.78, 5) is 26.2. The second kappa shape index (κ2) is 10.7. The number of hydrogen-bond donors (Lipinski definition) is 2. The van der Waals surface area contributed by atoms with Crippen molar-refractivity contribution in [3.05, 3.63) is 65.4 Å². The van der Waals surface area contributed by atoms with E-state index in [1.165, 1.54) is 30.3 Å². The van der Waals surface area contributed by atoms with E-state index in [1.54, 1.807) is 18.2 Å². The summed E-state index contributed by atoms with van der Waals surface area (Å²) in [5, 5.41) is 16.2. The zero-order chi connectivity index (χ0) is 28.7. The Bertz CT molecular complexity index is 1440. The summed E-state index contributed by atoms with van der Waals surface area (Å²) in [6.45, 7) is 0.114. The number of carbonyl (C=O) groups excluding carboxylic acids is 1. The van der Waals surface area contributed by atoms with Crippen LogP contribution in [0.25, 0.3) is 11.3 Å². The van der Waals surface area contributed by atoms with E-state index >= 15 is 0 Å². The van der Waals surface area contributed by atoms with Gasteiger partial charge in [0.15, 0.2) is 0 Å². The van der Waals surface area contributed by atoms with Crippen molar-refractivity contribution >= 4 is 17.7 Å². The van der Waals surface area contributed by atoms with Gasteiger partial charge in [0.2, 0.25) is 0 Å². The maximum absolute atomic E-state index is 13.1. The number of nitrogens with zero attached hydrogens (tertiary/aromatic N) is 2. The van der Waals surface area contributed by atoms with Crippen molar-refractivity contribution in [3.8, 4) is 17.0 Å². The van der Waals surface area contributed by atoms with E-state index < -0.39 is 12.3 Å². The Kier molecular flexibility index (Phi) is 7.10. The van der Waals surface area contributed by atoms with Gasteiger partial charge in [-0.25, -0.2) is 9.59 Å². The van der Waals surface area contributed by atoms with Gasteiger partial charge in [0.25, 0.3) is 0 Å². The van der Waals surface area contributed by atoms with E-state index in [9.17, 15) is 27.9 Å². The Balaban J connectivity index is 1.15. The number of urea groups is 1. The molecule has 1 aliphatic carbocycles. The fraction of sp³-hybridized carbons (Fsp3) is 0.414. The van der Waals surface area contributed by atoms with Crippen LogP contribution in [0.15, 0.2) is 53.1 Å². The third-order valence-corrected chi connectivity index (χ3v) is 7.88. The first-order valence-electron chi connectivity index (χ1n) is 13.5. The molecule has 3 aliphatic rings. The molecule has 0 spiro atoms. The highest BCUT2D eigenvalue weighted by Gasteiger charge is 2.44. The van der Waals surface area contributed by atoms with Crippen molar-refractivity contribution in [2.45, 2.75) is 75.6 Å². The number of anilines is 1. The van der Waals surface area contributed by atoms with Crippen molar-refractivity contribution in [1.82, 2.24) is 10.1 Å². The molecule has 2 aliphatic heterocycles. The van der Waals surface area contributed by atoms with Crippen molar-refractivity contribution in [2.75, 3.05) is 5.32 Å². The molecule has 12 heteroatoms. The minimum absolute atomic E-state index is 0.0489. The van der Waals surface area contributed by atoms with Crippen molar-refractivity contribution < 1.29 is 41.9 Å². The molecule has 3 fully saturated rings. The molecule has 2 saturated heterocycles. The number of para-hydroxylation sites is 1. The number of halogens is 3. The Morgan fingerprint density at radius 2 is 1.78 bits per heavy atom. The summed E-state index contributed by atoms with van der Waals surface area (Å²) in [5.41, 5.74) is 1.57. The van der Waals surface area contributed by atoms with Crippen LogP contribution in [0.1, 0.15) is 66.1 Å². The van der Waals surface area contributed by atoms with E-state index in [4.69, 9.17) is 9.26 Å². The Morgan fingerprint density at radius 3 is 2.46 bits per heavy atom. The lowest BCUT2D eigenvalue weighted by atomic mass is 9.99. The second-order valence-electron chi connectivity index (χ2n) is 10.7. The molecule has 9 nitrogen and oxygen atoms in total. The molecule has 2 N–H and O–H groups in total. The third-order valence-electron chi connectivity index (χ3n) is 7.88. The largest absolute Gasteiger partial charge is 0.573 e. The topological polar surface area (TPSA) is 114 Å². The lowest BCUT2D eigenvalue weighted by molar-refractivity contribution is -0.274. The van der Waals surface area contributed by atoms with Gasteiger partial charge in [0.1, 0.15) is 17.2 Å². The van der Waals surface area contributed by atoms with Crippen LogP contribution in [0, 0.1) is 0 Å². The van der Waals surface area contributed by atoms with Gasteiger partial charge in [-0.2, -0.15) is 0 Å². The molecule has 2 amide bonds. The molecular formula is C29H28F3N3O6. The number of aromatic carboxylic acids is 1. The maximum atomic E-state index is 13.1. The Labute approximate surface area is 233 Å². The number of carboxylic acid groups (broad SMARTS) is 1. The fourth-order valence-corrected chi connectivity index (χ4v) is 5.93. The Morgan fingerprint density at radius 1 is 1.05 bits per heavy atom. The number of amides is 2. The van der Waals surface area contributed by atoms with Crippen molar-refractivity contribution in [3.63, 3.8) is 0 Å². The standard InChI is InChI=1S/C29H28F3N3O6/c30-29(31,32)40-24-7-2-1-6-22(24)25-23(26(41-34-25)16-8-9-16)15-39-21-13-19-10-11-20(14-21)35(19)28(38)33-18-5-3-4-17(12-18)27(36)37/h1-7,12,16,19-21H,8-11,13-15H2,(H,33,38)(H,36,37). The van der Waals surface area contributed by atoms with Crippen molar-refractivity contribution in [1.29, 1.82) is 0 Å². The molecule has 1 aromatic heterocycles. The van der Waals surface area contributed by atoms with Crippen LogP contribution in [0.3, 0.4) is 0 Å². The number of carbonyl (C=O) groups is 2. The average Bonchev–Trinajstić information content (AvgIpc) is 3.62. The monoisotopic (exact) mass is 571 g/mol. The van der Waals surface area contributed by atoms with Gasteiger partial charge in [-0.15, -0.1) is 13.2 Å². The van der Waals surface area contributed by atoms with Crippen LogP contribution >= 0.6 is 0 Å². The number of nitrogens with one attached hydrogen (secondary N) is 1. The van der Waals surface area contributed by atoms with Gasteiger partial charge in [0.05, 0.1) is 18.3 Å². The predicted octanol–water partition coefficient (Wildman–Crippen LogP) is 6.56. The van der Waals surface area contributed by atoms with Gasteiger partial charge in [-0.1, -0.05) is 23.4 Å². The summed E-state index contributed by atoms with van der Waals surface area (Å²) in [6.07, 6.45) is -0.344. The van der Waals surface area contributed by atoms with Crippen LogP contribution in [0.5, 0.6) is 5.75 Å². The minimum Gasteiger partial charge on any atom is -0.478 e. The molecule has 3 aromatic rings. The summed E-state index contributed by atoms with van der Waals surface area (Å²) in [5.74, 6) is -0.642. The van der Waals surface area contributed by atoms with Crippen LogP contribution < -0.4 is 10.1 Å². The number of aromatic nitrogens is 1. The van der Waals surface area contributed by atoms with E-state index in [1.807, 2.05) is 4.90 Å².